The number of rotatable bonds is 7. The number of anilines is 2. The second-order valence-electron chi connectivity index (χ2n) is 6.80. The first-order chi connectivity index (χ1) is 15.5. The zero-order valence-electron chi connectivity index (χ0n) is 17.0. The van der Waals surface area contributed by atoms with Crippen molar-refractivity contribution < 1.29 is 27.1 Å². The summed E-state index contributed by atoms with van der Waals surface area (Å²) in [5.74, 6) is -2.06. The van der Waals surface area contributed by atoms with Gasteiger partial charge in [0, 0.05) is 10.7 Å². The van der Waals surface area contributed by atoms with Crippen LogP contribution in [0.4, 0.5) is 15.8 Å². The van der Waals surface area contributed by atoms with Crippen LogP contribution >= 0.6 is 23.2 Å². The highest BCUT2D eigenvalue weighted by Gasteiger charge is 2.22. The number of amides is 1. The van der Waals surface area contributed by atoms with E-state index in [2.05, 4.69) is 10.0 Å². The summed E-state index contributed by atoms with van der Waals surface area (Å²) in [5.41, 5.74) is 0.352. The first kappa shape index (κ1) is 24.5. The van der Waals surface area contributed by atoms with Gasteiger partial charge in [-0.3, -0.25) is 9.52 Å². The fourth-order valence-electron chi connectivity index (χ4n) is 2.63. The van der Waals surface area contributed by atoms with Crippen LogP contribution < -0.4 is 10.0 Å². The highest BCUT2D eigenvalue weighted by Crippen LogP contribution is 2.25. The van der Waals surface area contributed by atoms with Crippen molar-refractivity contribution in [3.63, 3.8) is 0 Å². The average Bonchev–Trinajstić information content (AvgIpc) is 2.77. The molecule has 0 spiro atoms. The molecule has 0 aliphatic heterocycles. The van der Waals surface area contributed by atoms with Crippen molar-refractivity contribution in [2.75, 3.05) is 10.0 Å². The molecule has 172 valence electrons. The highest BCUT2D eigenvalue weighted by molar-refractivity contribution is 7.92. The van der Waals surface area contributed by atoms with Crippen molar-refractivity contribution in [3.05, 3.63) is 88.2 Å². The standard InChI is InChI=1S/C22H17Cl2FN2O5S/c1-13(21(28)26-20-10-5-15(23)12-19(20)24)32-22(29)14-3-2-4-18(11-14)33(30,31)27-17-8-6-16(25)7-9-17/h2-13,27H,1H3,(H,26,28). The van der Waals surface area contributed by atoms with Crippen LogP contribution in [0.3, 0.4) is 0 Å². The Balaban J connectivity index is 1.69. The number of benzene rings is 3. The summed E-state index contributed by atoms with van der Waals surface area (Å²) in [7, 11) is -4.06. The van der Waals surface area contributed by atoms with Crippen molar-refractivity contribution in [1.82, 2.24) is 0 Å². The van der Waals surface area contributed by atoms with Crippen LogP contribution in [0.25, 0.3) is 0 Å². The van der Waals surface area contributed by atoms with Crippen LogP contribution in [0.5, 0.6) is 0 Å². The van der Waals surface area contributed by atoms with Crippen LogP contribution in [0.1, 0.15) is 17.3 Å². The minimum Gasteiger partial charge on any atom is -0.449 e. The Kier molecular flexibility index (Phi) is 7.57. The first-order valence-electron chi connectivity index (χ1n) is 9.40. The molecule has 3 aromatic carbocycles. The number of ether oxygens (including phenoxy) is 1. The van der Waals surface area contributed by atoms with Crippen LogP contribution in [0.15, 0.2) is 71.6 Å². The lowest BCUT2D eigenvalue weighted by Gasteiger charge is -2.15. The van der Waals surface area contributed by atoms with Gasteiger partial charge in [0.1, 0.15) is 5.82 Å². The number of sulfonamides is 1. The fraction of sp³-hybridized carbons (Fsp3) is 0.0909. The Morgan fingerprint density at radius 3 is 2.36 bits per heavy atom. The second kappa shape index (κ2) is 10.2. The molecule has 3 rings (SSSR count). The molecule has 1 amide bonds. The number of carbonyl (C=O) groups excluding carboxylic acids is 2. The maximum atomic E-state index is 13.0. The van der Waals surface area contributed by atoms with Gasteiger partial charge in [0.05, 0.1) is 21.2 Å². The summed E-state index contributed by atoms with van der Waals surface area (Å²) < 4.78 is 45.7. The number of halogens is 3. The van der Waals surface area contributed by atoms with Crippen LogP contribution in [-0.2, 0) is 19.6 Å². The number of nitrogens with one attached hydrogen (secondary N) is 2. The molecule has 3 aromatic rings. The van der Waals surface area contributed by atoms with E-state index < -0.39 is 33.8 Å². The van der Waals surface area contributed by atoms with Gasteiger partial charge in [0.2, 0.25) is 0 Å². The zero-order chi connectivity index (χ0) is 24.2. The molecule has 7 nitrogen and oxygen atoms in total. The Morgan fingerprint density at radius 2 is 1.70 bits per heavy atom. The van der Waals surface area contributed by atoms with Crippen molar-refractivity contribution in [2.24, 2.45) is 0 Å². The summed E-state index contributed by atoms with van der Waals surface area (Å²) in [5, 5.41) is 3.12. The van der Waals surface area contributed by atoms with E-state index in [1.54, 1.807) is 0 Å². The Bertz CT molecular complexity index is 1300. The van der Waals surface area contributed by atoms with Gasteiger partial charge in [0.15, 0.2) is 6.10 Å². The molecule has 2 N–H and O–H groups in total. The van der Waals surface area contributed by atoms with Crippen molar-refractivity contribution in [1.29, 1.82) is 0 Å². The van der Waals surface area contributed by atoms with Gasteiger partial charge in [0.25, 0.3) is 15.9 Å². The molecule has 11 heteroatoms. The normalized spacial score (nSPS) is 12.0. The third-order valence-electron chi connectivity index (χ3n) is 4.32. The van der Waals surface area contributed by atoms with E-state index in [1.165, 1.54) is 55.5 Å². The van der Waals surface area contributed by atoms with Gasteiger partial charge in [-0.25, -0.2) is 17.6 Å². The molecule has 0 aliphatic rings. The topological polar surface area (TPSA) is 102 Å². The van der Waals surface area contributed by atoms with Crippen molar-refractivity contribution in [3.8, 4) is 0 Å². The van der Waals surface area contributed by atoms with Gasteiger partial charge in [-0.1, -0.05) is 29.3 Å². The van der Waals surface area contributed by atoms with Crippen LogP contribution in [0, 0.1) is 5.82 Å². The van der Waals surface area contributed by atoms with Gasteiger partial charge in [-0.05, 0) is 67.6 Å². The van der Waals surface area contributed by atoms with Gasteiger partial charge < -0.3 is 10.1 Å². The maximum Gasteiger partial charge on any atom is 0.338 e. The summed E-state index contributed by atoms with van der Waals surface area (Å²) in [6.07, 6.45) is -1.21. The monoisotopic (exact) mass is 510 g/mol. The predicted molar refractivity (Wildman–Crippen MR) is 124 cm³/mol. The molecule has 0 heterocycles. The molecule has 1 unspecified atom stereocenters. The number of carbonyl (C=O) groups is 2. The quantitative estimate of drug-likeness (QED) is 0.429. The highest BCUT2D eigenvalue weighted by atomic mass is 35.5. The summed E-state index contributed by atoms with van der Waals surface area (Å²) in [6.45, 7) is 1.35. The van der Waals surface area contributed by atoms with E-state index in [4.69, 9.17) is 27.9 Å². The van der Waals surface area contributed by atoms with E-state index in [-0.39, 0.29) is 26.9 Å². The van der Waals surface area contributed by atoms with Crippen LogP contribution in [0.2, 0.25) is 10.0 Å². The zero-order valence-corrected chi connectivity index (χ0v) is 19.3. The summed E-state index contributed by atoms with van der Waals surface area (Å²) in [6, 6.07) is 14.3. The largest absolute Gasteiger partial charge is 0.449 e. The molecule has 1 atom stereocenters. The van der Waals surface area contributed by atoms with E-state index in [1.807, 2.05) is 0 Å². The van der Waals surface area contributed by atoms with E-state index in [0.717, 1.165) is 18.2 Å². The molecule has 33 heavy (non-hydrogen) atoms. The lowest BCUT2D eigenvalue weighted by molar-refractivity contribution is -0.123. The SMILES string of the molecule is CC(OC(=O)c1cccc(S(=O)(=O)Nc2ccc(F)cc2)c1)C(=O)Nc1ccc(Cl)cc1Cl. The molecule has 0 saturated carbocycles. The Hall–Kier alpha value is -3.14. The Labute approximate surface area is 199 Å². The lowest BCUT2D eigenvalue weighted by atomic mass is 10.2. The van der Waals surface area contributed by atoms with Gasteiger partial charge in [-0.2, -0.15) is 0 Å². The van der Waals surface area contributed by atoms with Gasteiger partial charge in [-0.15, -0.1) is 0 Å². The molecule has 0 aliphatic carbocycles. The number of esters is 1. The van der Waals surface area contributed by atoms with Crippen molar-refractivity contribution in [2.45, 2.75) is 17.9 Å². The fourth-order valence-corrected chi connectivity index (χ4v) is 4.19. The van der Waals surface area contributed by atoms with E-state index >= 15 is 0 Å². The van der Waals surface area contributed by atoms with E-state index in [0.29, 0.717) is 5.02 Å². The smallest absolute Gasteiger partial charge is 0.338 e. The Morgan fingerprint density at radius 1 is 1.00 bits per heavy atom. The molecule has 0 saturated heterocycles. The third kappa shape index (κ3) is 6.44. The summed E-state index contributed by atoms with van der Waals surface area (Å²) >= 11 is 11.8. The molecule has 0 aromatic heterocycles. The first-order valence-corrected chi connectivity index (χ1v) is 11.6. The third-order valence-corrected chi connectivity index (χ3v) is 6.25. The average molecular weight is 511 g/mol. The molecular weight excluding hydrogens is 494 g/mol. The molecular formula is C22H17Cl2FN2O5S. The molecule has 0 radical (unpaired) electrons. The predicted octanol–water partition coefficient (Wildman–Crippen LogP) is 5.12. The molecule has 0 bridgehead atoms. The van der Waals surface area contributed by atoms with Gasteiger partial charge >= 0.3 is 5.97 Å². The number of hydrogen-bond acceptors (Lipinski definition) is 5. The minimum atomic E-state index is -4.06. The second-order valence-corrected chi connectivity index (χ2v) is 9.33. The number of hydrogen-bond donors (Lipinski definition) is 2. The minimum absolute atomic E-state index is 0.0823. The molecule has 0 fully saturated rings. The van der Waals surface area contributed by atoms with Crippen LogP contribution in [-0.4, -0.2) is 26.4 Å². The maximum absolute atomic E-state index is 13.0. The van der Waals surface area contributed by atoms with E-state index in [9.17, 15) is 22.4 Å². The lowest BCUT2D eigenvalue weighted by Crippen LogP contribution is -2.30. The van der Waals surface area contributed by atoms with Crippen molar-refractivity contribution >= 4 is 56.5 Å². The summed E-state index contributed by atoms with van der Waals surface area (Å²) in [4.78, 5) is 24.6.